The van der Waals surface area contributed by atoms with Crippen LogP contribution in [0.25, 0.3) is 0 Å². The first-order valence-corrected chi connectivity index (χ1v) is 31.0. The van der Waals surface area contributed by atoms with Crippen LogP contribution < -0.4 is 0 Å². The van der Waals surface area contributed by atoms with Gasteiger partial charge in [-0.2, -0.15) is 0 Å². The van der Waals surface area contributed by atoms with Crippen molar-refractivity contribution in [1.82, 2.24) is 0 Å². The molecule has 83 heavy (non-hydrogen) atoms. The van der Waals surface area contributed by atoms with Gasteiger partial charge in [0, 0.05) is 25.2 Å². The van der Waals surface area contributed by atoms with E-state index in [9.17, 15) is 14.4 Å². The first-order valence-electron chi connectivity index (χ1n) is 31.0. The van der Waals surface area contributed by atoms with E-state index >= 15 is 0 Å². The van der Waals surface area contributed by atoms with Gasteiger partial charge < -0.3 is 0 Å². The summed E-state index contributed by atoms with van der Waals surface area (Å²) >= 11 is 0. The highest BCUT2D eigenvalue weighted by Gasteiger charge is 2.50. The second-order valence-corrected chi connectivity index (χ2v) is 19.4. The Morgan fingerprint density at radius 2 is 0.735 bits per heavy atom. The summed E-state index contributed by atoms with van der Waals surface area (Å²) < 4.78 is 0. The minimum Gasteiger partial charge on any atom is -0.300 e. The summed E-state index contributed by atoms with van der Waals surface area (Å²) in [4.78, 5) is 36.0. The van der Waals surface area contributed by atoms with Gasteiger partial charge in [-0.1, -0.05) is 188 Å². The van der Waals surface area contributed by atoms with Gasteiger partial charge in [-0.25, -0.2) is 0 Å². The molecule has 0 aliphatic heterocycles. The zero-order valence-electron chi connectivity index (χ0n) is 54.8. The van der Waals surface area contributed by atoms with Gasteiger partial charge in [-0.15, -0.1) is 0 Å². The monoisotopic (exact) mass is 1110 g/mol. The lowest BCUT2D eigenvalue weighted by atomic mass is 9.52. The molecule has 0 heterocycles. The fourth-order valence-electron chi connectivity index (χ4n) is 9.30. The van der Waals surface area contributed by atoms with E-state index in [4.69, 9.17) is 0 Å². The fourth-order valence-corrected chi connectivity index (χ4v) is 9.30. The lowest BCUT2D eigenvalue weighted by Gasteiger charge is -2.51. The zero-order chi connectivity index (χ0) is 62.9. The van der Waals surface area contributed by atoms with Crippen LogP contribution in [-0.2, 0) is 14.4 Å². The van der Waals surface area contributed by atoms with Crippen LogP contribution in [0.1, 0.15) is 278 Å². The van der Waals surface area contributed by atoms with Crippen molar-refractivity contribution in [2.24, 2.45) is 17.3 Å². The summed E-state index contributed by atoms with van der Waals surface area (Å²) in [7, 11) is 0. The topological polar surface area (TPSA) is 51.2 Å². The van der Waals surface area contributed by atoms with Crippen LogP contribution in [0, 0.1) is 183 Å². The van der Waals surface area contributed by atoms with Crippen molar-refractivity contribution in [3.05, 3.63) is 22.3 Å². The van der Waals surface area contributed by atoms with Crippen molar-refractivity contribution < 1.29 is 14.4 Å². The molecule has 0 spiro atoms. The fraction of sp³-hybridized carbons (Fsp3) is 0.562. The Kier molecular flexibility index (Phi) is 62.6. The van der Waals surface area contributed by atoms with E-state index in [1.807, 2.05) is 13.8 Å². The molecule has 0 saturated carbocycles. The summed E-state index contributed by atoms with van der Waals surface area (Å²) in [6.07, 6.45) is 29.6. The number of hydrogen-bond donors (Lipinski definition) is 0. The maximum absolute atomic E-state index is 13.4. The number of unbranched alkanes of at least 4 members (excludes halogenated alkanes) is 9. The largest absolute Gasteiger partial charge is 0.300 e. The van der Waals surface area contributed by atoms with Gasteiger partial charge in [0.2, 0.25) is 0 Å². The maximum atomic E-state index is 13.4. The summed E-state index contributed by atoms with van der Waals surface area (Å²) in [5, 5.41) is 0. The van der Waals surface area contributed by atoms with Crippen molar-refractivity contribution in [2.75, 3.05) is 0 Å². The molecule has 3 heteroatoms. The van der Waals surface area contributed by atoms with Crippen molar-refractivity contribution in [2.45, 2.75) is 278 Å². The lowest BCUT2D eigenvalue weighted by Crippen LogP contribution is -2.47. The Balaban J connectivity index is -0.000000486. The molecule has 3 nitrogen and oxygen atoms in total. The highest BCUT2D eigenvalue weighted by atomic mass is 16.1. The second-order valence-electron chi connectivity index (χ2n) is 19.4. The van der Waals surface area contributed by atoms with Crippen molar-refractivity contribution >= 4 is 17.3 Å². The molecule has 0 bridgehead atoms. The van der Waals surface area contributed by atoms with Crippen LogP contribution >= 0.6 is 0 Å². The van der Waals surface area contributed by atoms with E-state index in [-0.39, 0.29) is 11.3 Å². The number of rotatable bonds is 27. The molecule has 0 aromatic carbocycles. The smallest absolute Gasteiger partial charge is 0.162 e. The Morgan fingerprint density at radius 1 is 0.386 bits per heavy atom. The number of Topliss-reactive ketones (excluding diaryl/α,β-unsaturated/α-hetero) is 3. The van der Waals surface area contributed by atoms with Crippen LogP contribution in [0.2, 0.25) is 0 Å². The van der Waals surface area contributed by atoms with Crippen molar-refractivity contribution in [1.29, 1.82) is 0 Å². The average Bonchev–Trinajstić information content (AvgIpc) is 3.15. The molecule has 0 N–H and O–H groups in total. The highest BCUT2D eigenvalue weighted by Crippen LogP contribution is 2.56. The molecule has 3 unspecified atom stereocenters. The molecular formula is C80H102O3. The normalized spacial score (nSPS) is 13.3. The highest BCUT2D eigenvalue weighted by molar-refractivity contribution is 5.99. The van der Waals surface area contributed by atoms with Gasteiger partial charge >= 0.3 is 0 Å². The summed E-state index contributed by atoms with van der Waals surface area (Å²) in [5.74, 6) is 73.4. The van der Waals surface area contributed by atoms with E-state index in [0.29, 0.717) is 36.1 Å². The number of carbonyl (C=O) groups is 3. The third kappa shape index (κ3) is 44.6. The molecule has 1 aliphatic carbocycles. The standard InChI is InChI=1S/C24H44O.C16H30O.2C16H6.C8H16O/c1-7-12-15-18-24(11-5)21(16-13-8-2)20(10-4)19(6)23(25)22(24)17-14-9-3;1-5-9-11-12-14(7-3)15(13-10-6-2)16(17)8-4;2*1-3-5-7-9-11-13-15-16-14-12-10-8-6-4-2;1-3-5-6-7-8(9)4-2/h21-22H,7-18H2,1-6H3;5-13H2,1-4H3;2*1-2H3;3-7H2,1-2H3/b;15-14+;;;. The predicted molar refractivity (Wildman–Crippen MR) is 358 cm³/mol. The molecule has 1 aliphatic rings. The number of allylic oxidation sites excluding steroid dienone is 4. The van der Waals surface area contributed by atoms with Crippen molar-refractivity contribution in [3.8, 4) is 166 Å². The predicted octanol–water partition coefficient (Wildman–Crippen LogP) is 18.0. The second kappa shape index (κ2) is 63.5. The Bertz CT molecular complexity index is 2680. The van der Waals surface area contributed by atoms with Gasteiger partial charge in [0.1, 0.15) is 5.78 Å². The van der Waals surface area contributed by atoms with E-state index in [2.05, 4.69) is 235 Å². The summed E-state index contributed by atoms with van der Waals surface area (Å²) in [6, 6.07) is 0. The van der Waals surface area contributed by atoms with Crippen LogP contribution in [0.3, 0.4) is 0 Å². The number of carbonyl (C=O) groups excluding carboxylic acids is 3. The molecule has 0 saturated heterocycles. The Labute approximate surface area is 512 Å². The van der Waals surface area contributed by atoms with Gasteiger partial charge in [-0.3, -0.25) is 14.4 Å². The van der Waals surface area contributed by atoms with Gasteiger partial charge in [0.25, 0.3) is 0 Å². The average molecular weight is 1110 g/mol. The molecule has 0 aromatic heterocycles. The van der Waals surface area contributed by atoms with E-state index < -0.39 is 0 Å². The SMILES string of the molecule is CC#CC#CC#CC#CC#CC#CC#CC.CC#CC#CC#CC#CC#CC#CC#CC.CCCCC/C(CC)=C(\CCCC)C(=O)CC.CCCCCC(=O)CC.CCCCCC1(CC)C(CCCC)C(=O)C(C)=C(CC)C1CCCC. The third-order valence-corrected chi connectivity index (χ3v) is 13.7. The van der Waals surface area contributed by atoms with Crippen LogP contribution in [0.15, 0.2) is 22.3 Å². The van der Waals surface area contributed by atoms with Gasteiger partial charge in [-0.05, 0) is 270 Å². The Hall–Kier alpha value is -7.67. The van der Waals surface area contributed by atoms with Crippen LogP contribution in [-0.4, -0.2) is 17.3 Å². The van der Waals surface area contributed by atoms with Gasteiger partial charge in [0.15, 0.2) is 11.6 Å². The first-order chi connectivity index (χ1) is 40.4. The molecule has 0 aromatic rings. The molecule has 0 radical (unpaired) electrons. The van der Waals surface area contributed by atoms with Gasteiger partial charge in [0.05, 0.1) is 0 Å². The third-order valence-electron chi connectivity index (χ3n) is 13.7. The van der Waals surface area contributed by atoms with Crippen LogP contribution in [0.5, 0.6) is 0 Å². The molecule has 440 valence electrons. The maximum Gasteiger partial charge on any atom is 0.162 e. The van der Waals surface area contributed by atoms with E-state index in [0.717, 1.165) is 62.5 Å². The van der Waals surface area contributed by atoms with Crippen LogP contribution in [0.4, 0.5) is 0 Å². The molecule has 1 rings (SSSR count). The van der Waals surface area contributed by atoms with E-state index in [1.54, 1.807) is 27.7 Å². The minimum absolute atomic E-state index is 0.224. The van der Waals surface area contributed by atoms with Crippen molar-refractivity contribution in [3.63, 3.8) is 0 Å². The molecular weight excluding hydrogens is 1010 g/mol. The first kappa shape index (κ1) is 81.8. The number of ketones is 3. The molecule has 0 fully saturated rings. The quantitative estimate of drug-likeness (QED) is 0.0468. The Morgan fingerprint density at radius 3 is 1.05 bits per heavy atom. The van der Waals surface area contributed by atoms with E-state index in [1.165, 1.54) is 114 Å². The number of hydrogen-bond acceptors (Lipinski definition) is 3. The minimum atomic E-state index is 0.224. The lowest BCUT2D eigenvalue weighted by molar-refractivity contribution is -0.128. The summed E-state index contributed by atoms with van der Waals surface area (Å²) in [5.41, 5.74) is 5.45. The molecule has 0 amide bonds. The zero-order valence-corrected chi connectivity index (χ0v) is 54.8. The molecule has 3 atom stereocenters. The summed E-state index contributed by atoms with van der Waals surface area (Å²) in [6.45, 7) is 33.1.